The number of amides is 1. The van der Waals surface area contributed by atoms with Gasteiger partial charge in [-0.25, -0.2) is 0 Å². The van der Waals surface area contributed by atoms with Gasteiger partial charge in [0.15, 0.2) is 0 Å². The van der Waals surface area contributed by atoms with Gasteiger partial charge >= 0.3 is 0 Å². The summed E-state index contributed by atoms with van der Waals surface area (Å²) in [4.78, 5) is 16.4. The lowest BCUT2D eigenvalue weighted by Crippen LogP contribution is -2.45. The van der Waals surface area contributed by atoms with Crippen molar-refractivity contribution in [1.29, 1.82) is 0 Å². The smallest absolute Gasteiger partial charge is 0.234 e. The van der Waals surface area contributed by atoms with Crippen LogP contribution in [-0.2, 0) is 4.79 Å². The first-order valence-electron chi connectivity index (χ1n) is 8.14. The highest BCUT2D eigenvalue weighted by Crippen LogP contribution is 2.18. The number of aliphatic hydroxyl groups excluding tert-OH is 1. The largest absolute Gasteiger partial charge is 0.392 e. The molecule has 1 aliphatic rings. The molecule has 3 unspecified atom stereocenters. The molecule has 5 heteroatoms. The normalized spacial score (nSPS) is 24.8. The minimum Gasteiger partial charge on any atom is -0.392 e. The zero-order valence-corrected chi connectivity index (χ0v) is 14.3. The summed E-state index contributed by atoms with van der Waals surface area (Å²) in [6, 6.07) is 0.492. The first kappa shape index (κ1) is 18.4. The van der Waals surface area contributed by atoms with E-state index < -0.39 is 0 Å². The fourth-order valence-corrected chi connectivity index (χ4v) is 2.92. The number of hydrogen-bond acceptors (Lipinski definition) is 4. The highest BCUT2D eigenvalue weighted by Gasteiger charge is 2.32. The summed E-state index contributed by atoms with van der Waals surface area (Å²) in [6.45, 7) is 8.34. The van der Waals surface area contributed by atoms with Crippen LogP contribution in [0.2, 0.25) is 0 Å². The van der Waals surface area contributed by atoms with Crippen LogP contribution in [-0.4, -0.2) is 72.7 Å². The Balaban J connectivity index is 2.38. The van der Waals surface area contributed by atoms with E-state index in [0.717, 1.165) is 25.8 Å². The average molecular weight is 299 g/mol. The third kappa shape index (κ3) is 7.25. The van der Waals surface area contributed by atoms with E-state index in [9.17, 15) is 9.90 Å². The first-order chi connectivity index (χ1) is 9.77. The van der Waals surface area contributed by atoms with Gasteiger partial charge in [0.2, 0.25) is 5.91 Å². The molecule has 21 heavy (non-hydrogen) atoms. The van der Waals surface area contributed by atoms with Crippen molar-refractivity contribution < 1.29 is 9.90 Å². The summed E-state index contributed by atoms with van der Waals surface area (Å²) in [6.07, 6.45) is 2.61. The van der Waals surface area contributed by atoms with Gasteiger partial charge in [-0.15, -0.1) is 0 Å². The van der Waals surface area contributed by atoms with Crippen LogP contribution >= 0.6 is 0 Å². The number of hydrogen-bond donors (Lipinski definition) is 2. The SMILES string of the molecule is CC(C)CCC(C)NC(=O)CN1CC(O)CC1CN(C)C. The standard InChI is InChI=1S/C16H33N3O2/c1-12(2)6-7-13(3)17-16(21)11-19-10-15(20)8-14(19)9-18(4)5/h12-15,20H,6-11H2,1-5H3,(H,17,21). The molecule has 124 valence electrons. The lowest BCUT2D eigenvalue weighted by molar-refractivity contribution is -0.123. The molecule has 0 saturated carbocycles. The fourth-order valence-electron chi connectivity index (χ4n) is 2.92. The minimum absolute atomic E-state index is 0.0733. The Hall–Kier alpha value is -0.650. The maximum atomic E-state index is 12.1. The second-order valence-electron chi connectivity index (χ2n) is 7.17. The van der Waals surface area contributed by atoms with Crippen LogP contribution in [0.4, 0.5) is 0 Å². The van der Waals surface area contributed by atoms with Crippen molar-refractivity contribution in [1.82, 2.24) is 15.1 Å². The van der Waals surface area contributed by atoms with Gasteiger partial charge in [-0.1, -0.05) is 13.8 Å². The summed E-state index contributed by atoms with van der Waals surface area (Å²) in [5.41, 5.74) is 0. The van der Waals surface area contributed by atoms with E-state index in [1.165, 1.54) is 0 Å². The first-order valence-corrected chi connectivity index (χ1v) is 8.14. The van der Waals surface area contributed by atoms with Crippen molar-refractivity contribution in [3.8, 4) is 0 Å². The molecule has 1 aliphatic heterocycles. The molecule has 1 saturated heterocycles. The highest BCUT2D eigenvalue weighted by molar-refractivity contribution is 5.78. The number of nitrogens with zero attached hydrogens (tertiary/aromatic N) is 2. The number of rotatable bonds is 8. The van der Waals surface area contributed by atoms with E-state index in [0.29, 0.717) is 19.0 Å². The molecule has 0 aromatic heterocycles. The lowest BCUT2D eigenvalue weighted by atomic mass is 10.0. The maximum absolute atomic E-state index is 12.1. The van der Waals surface area contributed by atoms with Gasteiger partial charge in [-0.05, 0) is 46.2 Å². The Bertz CT molecular complexity index is 321. The topological polar surface area (TPSA) is 55.8 Å². The zero-order valence-electron chi connectivity index (χ0n) is 14.3. The second-order valence-corrected chi connectivity index (χ2v) is 7.17. The predicted octanol–water partition coefficient (Wildman–Crippen LogP) is 0.924. The van der Waals surface area contributed by atoms with Crippen LogP contribution in [0.1, 0.15) is 40.0 Å². The van der Waals surface area contributed by atoms with Crippen molar-refractivity contribution in [2.24, 2.45) is 5.92 Å². The number of carbonyl (C=O) groups excluding carboxylic acids is 1. The van der Waals surface area contributed by atoms with E-state index in [1.807, 2.05) is 14.1 Å². The van der Waals surface area contributed by atoms with Gasteiger partial charge in [-0.3, -0.25) is 9.69 Å². The molecule has 5 nitrogen and oxygen atoms in total. The van der Waals surface area contributed by atoms with Crippen molar-refractivity contribution in [3.05, 3.63) is 0 Å². The summed E-state index contributed by atoms with van der Waals surface area (Å²) in [7, 11) is 4.05. The fraction of sp³-hybridized carbons (Fsp3) is 0.938. The van der Waals surface area contributed by atoms with Crippen LogP contribution in [0, 0.1) is 5.92 Å². The van der Waals surface area contributed by atoms with E-state index >= 15 is 0 Å². The average Bonchev–Trinajstić information content (AvgIpc) is 2.65. The van der Waals surface area contributed by atoms with Gasteiger partial charge in [0, 0.05) is 25.2 Å². The molecule has 1 amide bonds. The van der Waals surface area contributed by atoms with Gasteiger partial charge in [0.1, 0.15) is 0 Å². The molecular weight excluding hydrogens is 266 g/mol. The van der Waals surface area contributed by atoms with Crippen molar-refractivity contribution in [2.75, 3.05) is 33.7 Å². The van der Waals surface area contributed by atoms with Gasteiger partial charge in [0.05, 0.1) is 12.6 Å². The summed E-state index contributed by atoms with van der Waals surface area (Å²) < 4.78 is 0. The molecule has 1 fully saturated rings. The molecule has 2 N–H and O–H groups in total. The van der Waals surface area contributed by atoms with E-state index in [4.69, 9.17) is 0 Å². The summed E-state index contributed by atoms with van der Waals surface area (Å²) in [5, 5.41) is 12.9. The monoisotopic (exact) mass is 299 g/mol. The Morgan fingerprint density at radius 3 is 2.57 bits per heavy atom. The molecule has 3 atom stereocenters. The molecule has 0 aliphatic carbocycles. The molecule has 0 radical (unpaired) electrons. The number of nitrogens with one attached hydrogen (secondary N) is 1. The minimum atomic E-state index is -0.305. The lowest BCUT2D eigenvalue weighted by Gasteiger charge is -2.26. The van der Waals surface area contributed by atoms with Gasteiger partial charge in [-0.2, -0.15) is 0 Å². The van der Waals surface area contributed by atoms with Crippen molar-refractivity contribution >= 4 is 5.91 Å². The summed E-state index contributed by atoms with van der Waals surface area (Å²) >= 11 is 0. The molecule has 0 aromatic rings. The third-order valence-corrected chi connectivity index (χ3v) is 4.01. The number of aliphatic hydroxyl groups is 1. The number of likely N-dealkylation sites (N-methyl/N-ethyl adjacent to an activating group) is 1. The van der Waals surface area contributed by atoms with E-state index in [2.05, 4.69) is 35.9 Å². The van der Waals surface area contributed by atoms with E-state index in [-0.39, 0.29) is 24.1 Å². The molecule has 0 bridgehead atoms. The Morgan fingerprint density at radius 2 is 2.00 bits per heavy atom. The predicted molar refractivity (Wildman–Crippen MR) is 86.2 cm³/mol. The highest BCUT2D eigenvalue weighted by atomic mass is 16.3. The van der Waals surface area contributed by atoms with Crippen LogP contribution in [0.3, 0.4) is 0 Å². The molecular formula is C16H33N3O2. The Morgan fingerprint density at radius 1 is 1.33 bits per heavy atom. The zero-order chi connectivity index (χ0) is 16.0. The number of likely N-dealkylation sites (tertiary alicyclic amines) is 1. The molecule has 1 heterocycles. The molecule has 1 rings (SSSR count). The van der Waals surface area contributed by atoms with Gasteiger partial charge < -0.3 is 15.3 Å². The van der Waals surface area contributed by atoms with Crippen LogP contribution in [0.5, 0.6) is 0 Å². The maximum Gasteiger partial charge on any atom is 0.234 e. The van der Waals surface area contributed by atoms with Crippen molar-refractivity contribution in [2.45, 2.75) is 58.2 Å². The van der Waals surface area contributed by atoms with Crippen molar-refractivity contribution in [3.63, 3.8) is 0 Å². The summed E-state index contributed by atoms with van der Waals surface area (Å²) in [5.74, 6) is 0.742. The molecule has 0 aromatic carbocycles. The number of carbonyl (C=O) groups is 1. The van der Waals surface area contributed by atoms with Crippen LogP contribution in [0.25, 0.3) is 0 Å². The van der Waals surface area contributed by atoms with E-state index in [1.54, 1.807) is 0 Å². The Kier molecular flexibility index (Phi) is 7.63. The number of β-amino-alcohol motifs (C(OH)–C–C–N with tert-alkyl or cyclic N) is 1. The molecule has 0 spiro atoms. The van der Waals surface area contributed by atoms with Gasteiger partial charge in [0.25, 0.3) is 0 Å². The van der Waals surface area contributed by atoms with Crippen LogP contribution < -0.4 is 5.32 Å². The third-order valence-electron chi connectivity index (χ3n) is 4.01. The quantitative estimate of drug-likeness (QED) is 0.700. The Labute approximate surface area is 129 Å². The second kappa shape index (κ2) is 8.71. The van der Waals surface area contributed by atoms with Crippen LogP contribution in [0.15, 0.2) is 0 Å².